The highest BCUT2D eigenvalue weighted by Gasteiger charge is 2.21. The Kier molecular flexibility index (Phi) is 3.85. The van der Waals surface area contributed by atoms with E-state index in [2.05, 4.69) is 19.2 Å². The van der Waals surface area contributed by atoms with Crippen molar-refractivity contribution in [2.45, 2.75) is 45.1 Å². The molecule has 0 heterocycles. The Balaban J connectivity index is 2.10. The van der Waals surface area contributed by atoms with Crippen LogP contribution in [0.2, 0.25) is 0 Å². The van der Waals surface area contributed by atoms with Crippen LogP contribution in [0, 0.1) is 5.92 Å². The van der Waals surface area contributed by atoms with Gasteiger partial charge in [-0.25, -0.2) is 0 Å². The molecule has 1 N–H and O–H groups in total. The van der Waals surface area contributed by atoms with Crippen LogP contribution in [0.4, 0.5) is 0 Å². The summed E-state index contributed by atoms with van der Waals surface area (Å²) in [4.78, 5) is 0. The van der Waals surface area contributed by atoms with Crippen molar-refractivity contribution in [3.8, 4) is 0 Å². The monoisotopic (exact) mass is 189 g/mol. The lowest BCUT2D eigenvalue weighted by molar-refractivity contribution is 0.260. The molecule has 0 amide bonds. The van der Waals surface area contributed by atoms with Gasteiger partial charge in [0.1, 0.15) is 0 Å². The third kappa shape index (κ3) is 3.32. The molecule has 12 heavy (non-hydrogen) atoms. The molecule has 1 saturated carbocycles. The minimum atomic E-state index is 0.233. The fourth-order valence-electron chi connectivity index (χ4n) is 1.44. The first-order valence-electron chi connectivity index (χ1n) is 4.95. The van der Waals surface area contributed by atoms with Crippen molar-refractivity contribution < 1.29 is 0 Å². The number of halogens is 1. The summed E-state index contributed by atoms with van der Waals surface area (Å²) in [6.45, 7) is 5.64. The van der Waals surface area contributed by atoms with Gasteiger partial charge in [0.15, 0.2) is 0 Å². The van der Waals surface area contributed by atoms with Gasteiger partial charge in [-0.15, -0.1) is 11.6 Å². The summed E-state index contributed by atoms with van der Waals surface area (Å²) < 4.78 is 0. The molecule has 2 heteroatoms. The lowest BCUT2D eigenvalue weighted by Gasteiger charge is -2.32. The van der Waals surface area contributed by atoms with Gasteiger partial charge in [-0.3, -0.25) is 0 Å². The maximum Gasteiger partial charge on any atom is 0.0240 e. The zero-order chi connectivity index (χ0) is 9.03. The first-order chi connectivity index (χ1) is 5.64. The SMILES string of the molecule is CC(C)(CCCl)NCC1CCC1. The van der Waals surface area contributed by atoms with Crippen molar-refractivity contribution in [1.29, 1.82) is 0 Å². The molecule has 0 spiro atoms. The van der Waals surface area contributed by atoms with E-state index in [9.17, 15) is 0 Å². The van der Waals surface area contributed by atoms with E-state index in [-0.39, 0.29) is 5.54 Å². The van der Waals surface area contributed by atoms with E-state index in [4.69, 9.17) is 11.6 Å². The smallest absolute Gasteiger partial charge is 0.0240 e. The van der Waals surface area contributed by atoms with Crippen LogP contribution in [0.25, 0.3) is 0 Å². The van der Waals surface area contributed by atoms with E-state index >= 15 is 0 Å². The Hall–Kier alpha value is 0.250. The van der Waals surface area contributed by atoms with Crippen molar-refractivity contribution >= 4 is 11.6 Å². The summed E-state index contributed by atoms with van der Waals surface area (Å²) in [5.74, 6) is 1.70. The van der Waals surface area contributed by atoms with Gasteiger partial charge in [0, 0.05) is 11.4 Å². The molecule has 0 aliphatic heterocycles. The van der Waals surface area contributed by atoms with Crippen LogP contribution < -0.4 is 5.32 Å². The van der Waals surface area contributed by atoms with Gasteiger partial charge in [0.2, 0.25) is 0 Å². The van der Waals surface area contributed by atoms with Crippen LogP contribution >= 0.6 is 11.6 Å². The second kappa shape index (κ2) is 4.48. The second-order valence-corrected chi connectivity index (χ2v) is 4.88. The Morgan fingerprint density at radius 2 is 2.08 bits per heavy atom. The number of alkyl halides is 1. The average molecular weight is 190 g/mol. The van der Waals surface area contributed by atoms with Crippen LogP contribution in [-0.2, 0) is 0 Å². The lowest BCUT2D eigenvalue weighted by Crippen LogP contribution is -2.43. The first-order valence-corrected chi connectivity index (χ1v) is 5.48. The summed E-state index contributed by atoms with van der Waals surface area (Å²) in [7, 11) is 0. The minimum Gasteiger partial charge on any atom is -0.311 e. The van der Waals surface area contributed by atoms with Gasteiger partial charge >= 0.3 is 0 Å². The minimum absolute atomic E-state index is 0.233. The number of nitrogens with one attached hydrogen (secondary N) is 1. The van der Waals surface area contributed by atoms with Gasteiger partial charge in [-0.2, -0.15) is 0 Å². The molecule has 0 radical (unpaired) electrons. The zero-order valence-corrected chi connectivity index (χ0v) is 8.95. The molecule has 1 nitrogen and oxygen atoms in total. The molecule has 0 atom stereocenters. The molecule has 0 saturated heterocycles. The number of hydrogen-bond donors (Lipinski definition) is 1. The standard InChI is InChI=1S/C10H20ClN/c1-10(2,6-7-11)12-8-9-4-3-5-9/h9,12H,3-8H2,1-2H3. The third-order valence-electron chi connectivity index (χ3n) is 2.81. The van der Waals surface area contributed by atoms with Crippen molar-refractivity contribution in [2.24, 2.45) is 5.92 Å². The van der Waals surface area contributed by atoms with Gasteiger partial charge in [-0.1, -0.05) is 6.42 Å². The average Bonchev–Trinajstić information content (AvgIpc) is 1.82. The molecule has 1 aliphatic carbocycles. The second-order valence-electron chi connectivity index (χ2n) is 4.50. The Labute approximate surface area is 80.9 Å². The molecule has 0 unspecified atom stereocenters. The zero-order valence-electron chi connectivity index (χ0n) is 8.20. The fraction of sp³-hybridized carbons (Fsp3) is 1.00. The van der Waals surface area contributed by atoms with Crippen molar-refractivity contribution in [1.82, 2.24) is 5.32 Å². The van der Waals surface area contributed by atoms with Crippen LogP contribution in [0.3, 0.4) is 0 Å². The normalized spacial score (nSPS) is 19.2. The van der Waals surface area contributed by atoms with Crippen molar-refractivity contribution in [2.75, 3.05) is 12.4 Å². The Morgan fingerprint density at radius 3 is 2.50 bits per heavy atom. The highest BCUT2D eigenvalue weighted by molar-refractivity contribution is 6.17. The molecule has 1 fully saturated rings. The van der Waals surface area contributed by atoms with Crippen LogP contribution in [-0.4, -0.2) is 18.0 Å². The van der Waals surface area contributed by atoms with Gasteiger partial charge in [0.25, 0.3) is 0 Å². The van der Waals surface area contributed by atoms with Crippen LogP contribution in [0.5, 0.6) is 0 Å². The maximum absolute atomic E-state index is 5.71. The summed E-state index contributed by atoms with van der Waals surface area (Å²) in [6, 6.07) is 0. The van der Waals surface area contributed by atoms with E-state index < -0.39 is 0 Å². The van der Waals surface area contributed by atoms with Crippen LogP contribution in [0.15, 0.2) is 0 Å². The molecule has 72 valence electrons. The number of hydrogen-bond acceptors (Lipinski definition) is 1. The highest BCUT2D eigenvalue weighted by Crippen LogP contribution is 2.26. The van der Waals surface area contributed by atoms with Gasteiger partial charge in [-0.05, 0) is 45.6 Å². The van der Waals surface area contributed by atoms with Gasteiger partial charge in [0.05, 0.1) is 0 Å². The molecule has 0 aromatic heterocycles. The topological polar surface area (TPSA) is 12.0 Å². The van der Waals surface area contributed by atoms with E-state index in [0.29, 0.717) is 0 Å². The first kappa shape index (κ1) is 10.3. The largest absolute Gasteiger partial charge is 0.311 e. The van der Waals surface area contributed by atoms with Crippen LogP contribution in [0.1, 0.15) is 39.5 Å². The molecule has 1 rings (SSSR count). The van der Waals surface area contributed by atoms with Crippen molar-refractivity contribution in [3.63, 3.8) is 0 Å². The fourth-order valence-corrected chi connectivity index (χ4v) is 1.91. The van der Waals surface area contributed by atoms with E-state index in [1.165, 1.54) is 25.8 Å². The quantitative estimate of drug-likeness (QED) is 0.656. The summed E-state index contributed by atoms with van der Waals surface area (Å²) >= 11 is 5.71. The Morgan fingerprint density at radius 1 is 1.42 bits per heavy atom. The predicted octanol–water partition coefficient (Wildman–Crippen LogP) is 2.78. The third-order valence-corrected chi connectivity index (χ3v) is 3.00. The maximum atomic E-state index is 5.71. The molecule has 1 aliphatic rings. The summed E-state index contributed by atoms with van der Waals surface area (Å²) in [6.07, 6.45) is 5.33. The van der Waals surface area contributed by atoms with Gasteiger partial charge < -0.3 is 5.32 Å². The lowest BCUT2D eigenvalue weighted by atomic mass is 9.85. The van der Waals surface area contributed by atoms with E-state index in [0.717, 1.165) is 18.2 Å². The Bertz CT molecular complexity index is 130. The summed E-state index contributed by atoms with van der Waals surface area (Å²) in [5, 5.41) is 3.58. The molecule has 0 aromatic carbocycles. The molecule has 0 aromatic rings. The highest BCUT2D eigenvalue weighted by atomic mass is 35.5. The summed E-state index contributed by atoms with van der Waals surface area (Å²) in [5.41, 5.74) is 0.233. The molecular weight excluding hydrogens is 170 g/mol. The predicted molar refractivity (Wildman–Crippen MR) is 54.8 cm³/mol. The van der Waals surface area contributed by atoms with E-state index in [1.807, 2.05) is 0 Å². The molecular formula is C10H20ClN. The number of rotatable bonds is 5. The molecule has 0 bridgehead atoms. The van der Waals surface area contributed by atoms with Crippen molar-refractivity contribution in [3.05, 3.63) is 0 Å². The van der Waals surface area contributed by atoms with E-state index in [1.54, 1.807) is 0 Å².